The number of para-hydroxylation sites is 1. The first-order chi connectivity index (χ1) is 32.1. The van der Waals surface area contributed by atoms with Gasteiger partial charge in [-0.2, -0.15) is 0 Å². The van der Waals surface area contributed by atoms with Crippen molar-refractivity contribution in [2.75, 3.05) is 19.8 Å². The minimum Gasteiger partial charge on any atom is -0.508 e. The molecule has 5 aromatic rings. The van der Waals surface area contributed by atoms with Crippen LogP contribution < -0.4 is 14.2 Å². The third-order valence-corrected chi connectivity index (χ3v) is 10.6. The summed E-state index contributed by atoms with van der Waals surface area (Å²) in [5.74, 6) is 1.64. The highest BCUT2D eigenvalue weighted by Gasteiger charge is 2.19. The number of rotatable bonds is 28. The molecule has 0 radical (unpaired) electrons. The van der Waals surface area contributed by atoms with E-state index in [9.17, 15) is 20.1 Å². The highest BCUT2D eigenvalue weighted by atomic mass is 16.5. The highest BCUT2D eigenvalue weighted by Crippen LogP contribution is 2.38. The third kappa shape index (κ3) is 21.3. The van der Waals surface area contributed by atoms with E-state index in [2.05, 4.69) is 20.8 Å². The summed E-state index contributed by atoms with van der Waals surface area (Å²) >= 11 is 0. The molecule has 0 atom stereocenters. The average molecular weight is 910 g/mol. The summed E-state index contributed by atoms with van der Waals surface area (Å²) in [6.07, 6.45) is 21.1. The maximum atomic E-state index is 11.2. The number of carboxylic acids is 1. The fourth-order valence-electron chi connectivity index (χ4n) is 6.75. The monoisotopic (exact) mass is 910 g/mol. The number of hydrogen-bond acceptors (Lipinski definition) is 11. The summed E-state index contributed by atoms with van der Waals surface area (Å²) in [5.41, 5.74) is 1.09. The molecule has 1 aromatic heterocycles. The summed E-state index contributed by atoms with van der Waals surface area (Å²) in [4.78, 5) is 23.5. The van der Waals surface area contributed by atoms with Gasteiger partial charge in [-0.15, -0.1) is 0 Å². The van der Waals surface area contributed by atoms with Crippen LogP contribution in [0.25, 0.3) is 34.2 Å². The quantitative estimate of drug-likeness (QED) is 0.0300. The Balaban J connectivity index is 0.000000839. The summed E-state index contributed by atoms with van der Waals surface area (Å²) in [7, 11) is 0. The van der Waals surface area contributed by atoms with E-state index in [4.69, 9.17) is 39.4 Å². The van der Waals surface area contributed by atoms with E-state index in [0.29, 0.717) is 59.5 Å². The SMILES string of the molecule is CCC(=O)O.CCCCCCCCOc1ccc(-c2nc(-c3ccc(OCCCCCCCC)cc3O)nc(-c3ccc(OCCCCCCCC)cc3O)n2)c(O)c1.Oc1ccccc1. The molecule has 0 aliphatic rings. The van der Waals surface area contributed by atoms with Gasteiger partial charge in [0.05, 0.1) is 36.5 Å². The van der Waals surface area contributed by atoms with Crippen molar-refractivity contribution in [3.8, 4) is 74.4 Å². The fraction of sp³-hybridized carbons (Fsp3) is 0.481. The lowest BCUT2D eigenvalue weighted by Gasteiger charge is -2.13. The van der Waals surface area contributed by atoms with E-state index in [0.717, 1.165) is 38.5 Å². The zero-order valence-electron chi connectivity index (χ0n) is 39.8. The number of carboxylic acid groups (broad SMARTS) is 1. The van der Waals surface area contributed by atoms with Crippen LogP contribution in [-0.2, 0) is 4.79 Å². The number of benzene rings is 4. The Kier molecular flexibility index (Phi) is 26.8. The van der Waals surface area contributed by atoms with E-state index in [-0.39, 0.29) is 41.1 Å². The smallest absolute Gasteiger partial charge is 0.303 e. The average Bonchev–Trinajstić information content (AvgIpc) is 3.31. The van der Waals surface area contributed by atoms with Gasteiger partial charge < -0.3 is 39.7 Å². The predicted octanol–water partition coefficient (Wildman–Crippen LogP) is 14.1. The minimum atomic E-state index is -0.745. The van der Waals surface area contributed by atoms with Gasteiger partial charge >= 0.3 is 5.97 Å². The summed E-state index contributed by atoms with van der Waals surface area (Å²) in [5, 5.41) is 49.8. The van der Waals surface area contributed by atoms with Gasteiger partial charge in [-0.3, -0.25) is 4.79 Å². The van der Waals surface area contributed by atoms with Crippen LogP contribution in [-0.4, -0.2) is 66.3 Å². The largest absolute Gasteiger partial charge is 0.508 e. The molecule has 0 unspecified atom stereocenters. The highest BCUT2D eigenvalue weighted by molar-refractivity contribution is 5.74. The van der Waals surface area contributed by atoms with Crippen molar-refractivity contribution in [3.05, 3.63) is 84.9 Å². The normalized spacial score (nSPS) is 10.6. The van der Waals surface area contributed by atoms with E-state index in [1.165, 1.54) is 77.0 Å². The van der Waals surface area contributed by atoms with Gasteiger partial charge in [0.2, 0.25) is 0 Å². The van der Waals surface area contributed by atoms with Crippen LogP contribution in [0.5, 0.6) is 40.2 Å². The molecule has 360 valence electrons. The maximum absolute atomic E-state index is 11.2. The van der Waals surface area contributed by atoms with Crippen molar-refractivity contribution in [1.29, 1.82) is 0 Å². The number of unbranched alkanes of at least 4 members (excludes halogenated alkanes) is 15. The Hall–Kier alpha value is -6.04. The second kappa shape index (κ2) is 32.6. The molecule has 0 spiro atoms. The van der Waals surface area contributed by atoms with Crippen LogP contribution in [0.2, 0.25) is 0 Å². The Labute approximate surface area is 393 Å². The topological polar surface area (TPSA) is 185 Å². The number of phenols is 4. The van der Waals surface area contributed by atoms with Crippen LogP contribution in [0.4, 0.5) is 0 Å². The lowest BCUT2D eigenvalue weighted by molar-refractivity contribution is -0.136. The van der Waals surface area contributed by atoms with Crippen LogP contribution in [0.3, 0.4) is 0 Å². The molecule has 1 heterocycles. The molecule has 0 saturated carbocycles. The van der Waals surface area contributed by atoms with Crippen molar-refractivity contribution in [2.45, 2.75) is 150 Å². The van der Waals surface area contributed by atoms with Gasteiger partial charge in [0.1, 0.15) is 40.2 Å². The second-order valence-electron chi connectivity index (χ2n) is 16.3. The van der Waals surface area contributed by atoms with Crippen molar-refractivity contribution in [1.82, 2.24) is 15.0 Å². The van der Waals surface area contributed by atoms with E-state index < -0.39 is 5.97 Å². The van der Waals surface area contributed by atoms with Crippen LogP contribution in [0.15, 0.2) is 84.9 Å². The van der Waals surface area contributed by atoms with Gasteiger partial charge in [-0.05, 0) is 67.8 Å². The Morgan fingerprint density at radius 2 is 0.712 bits per heavy atom. The fourth-order valence-corrected chi connectivity index (χ4v) is 6.75. The number of aliphatic carboxylic acids is 1. The molecule has 12 nitrogen and oxygen atoms in total. The van der Waals surface area contributed by atoms with E-state index >= 15 is 0 Å². The van der Waals surface area contributed by atoms with Gasteiger partial charge in [-0.1, -0.05) is 142 Å². The molecule has 0 amide bonds. The molecule has 0 fully saturated rings. The number of ether oxygens (including phenoxy) is 3. The lowest BCUT2D eigenvalue weighted by atomic mass is 10.1. The molecular weight excluding hydrogens is 835 g/mol. The summed E-state index contributed by atoms with van der Waals surface area (Å²) < 4.78 is 17.8. The van der Waals surface area contributed by atoms with E-state index in [1.54, 1.807) is 85.8 Å². The molecular formula is C54H75N3O9. The zero-order chi connectivity index (χ0) is 47.8. The molecule has 0 aliphatic heterocycles. The number of phenolic OH excluding ortho intramolecular Hbond substituents is 4. The molecule has 0 aliphatic carbocycles. The molecule has 0 saturated heterocycles. The zero-order valence-corrected chi connectivity index (χ0v) is 39.8. The molecule has 5 rings (SSSR count). The van der Waals surface area contributed by atoms with Gasteiger partial charge in [0.25, 0.3) is 0 Å². The van der Waals surface area contributed by atoms with Crippen molar-refractivity contribution < 1.29 is 44.5 Å². The van der Waals surface area contributed by atoms with Gasteiger partial charge in [0, 0.05) is 24.6 Å². The van der Waals surface area contributed by atoms with Gasteiger partial charge in [-0.25, -0.2) is 15.0 Å². The second-order valence-corrected chi connectivity index (χ2v) is 16.3. The summed E-state index contributed by atoms with van der Waals surface area (Å²) in [6, 6.07) is 23.9. The van der Waals surface area contributed by atoms with Crippen molar-refractivity contribution >= 4 is 5.97 Å². The maximum Gasteiger partial charge on any atom is 0.303 e. The van der Waals surface area contributed by atoms with Crippen molar-refractivity contribution in [3.63, 3.8) is 0 Å². The molecule has 5 N–H and O–H groups in total. The van der Waals surface area contributed by atoms with Crippen LogP contribution in [0.1, 0.15) is 150 Å². The lowest BCUT2D eigenvalue weighted by Crippen LogP contribution is -2.02. The van der Waals surface area contributed by atoms with Crippen molar-refractivity contribution in [2.24, 2.45) is 0 Å². The Morgan fingerprint density at radius 3 is 0.955 bits per heavy atom. The molecule has 0 bridgehead atoms. The number of aromatic hydroxyl groups is 4. The first-order valence-electron chi connectivity index (χ1n) is 24.2. The third-order valence-electron chi connectivity index (χ3n) is 10.6. The molecule has 12 heteroatoms. The predicted molar refractivity (Wildman–Crippen MR) is 264 cm³/mol. The Morgan fingerprint density at radius 1 is 0.424 bits per heavy atom. The minimum absolute atomic E-state index is 0.0520. The number of nitrogens with zero attached hydrogens (tertiary/aromatic N) is 3. The standard InChI is InChI=1S/C45H63N3O6.C6H6O.C3H6O2/c1-4-7-10-13-16-19-28-52-34-22-25-37(40(49)31-34)43-46-44(38-26-23-35(32-41(38)50)53-29-20-17-14-11-8-5-2)48-45(47-43)39-27-24-36(33-42(39)51)54-30-21-18-15-12-9-6-3;7-6-4-2-1-3-5-6;1-2-3(4)5/h22-27,31-33,49-51H,4-21,28-30H2,1-3H3;1-5,7H;2H2,1H3,(H,4,5). The Bertz CT molecular complexity index is 1890. The first-order valence-corrected chi connectivity index (χ1v) is 24.2. The summed E-state index contributed by atoms with van der Waals surface area (Å²) in [6.45, 7) is 9.94. The number of aromatic nitrogens is 3. The number of carbonyl (C=O) groups is 1. The van der Waals surface area contributed by atoms with E-state index in [1.807, 2.05) is 6.07 Å². The molecule has 66 heavy (non-hydrogen) atoms. The van der Waals surface area contributed by atoms with Gasteiger partial charge in [0.15, 0.2) is 17.5 Å². The van der Waals surface area contributed by atoms with Crippen LogP contribution >= 0.6 is 0 Å². The first kappa shape index (κ1) is 54.3. The molecule has 4 aromatic carbocycles. The number of hydrogen-bond donors (Lipinski definition) is 5. The van der Waals surface area contributed by atoms with Crippen LogP contribution in [0, 0.1) is 0 Å².